The molecule has 4 aromatic rings. The first-order chi connectivity index (χ1) is 15.3. The lowest BCUT2D eigenvalue weighted by molar-refractivity contribution is 0.0947. The van der Waals surface area contributed by atoms with Crippen LogP contribution in [0.2, 0.25) is 0 Å². The van der Waals surface area contributed by atoms with Crippen molar-refractivity contribution in [1.29, 1.82) is 0 Å². The van der Waals surface area contributed by atoms with Crippen LogP contribution in [0.15, 0.2) is 48.5 Å². The minimum Gasteiger partial charge on any atom is -0.350 e. The summed E-state index contributed by atoms with van der Waals surface area (Å²) in [5.41, 5.74) is 4.18. The van der Waals surface area contributed by atoms with E-state index in [9.17, 15) is 9.59 Å². The highest BCUT2D eigenvalue weighted by atomic mass is 16.2. The molecule has 1 N–H and O–H groups in total. The molecule has 0 unspecified atom stereocenters. The number of aromatic nitrogens is 3. The van der Waals surface area contributed by atoms with Crippen LogP contribution in [0.25, 0.3) is 21.9 Å². The topological polar surface area (TPSA) is 68.9 Å². The van der Waals surface area contributed by atoms with E-state index >= 15 is 0 Å². The van der Waals surface area contributed by atoms with Crippen molar-refractivity contribution in [2.75, 3.05) is 6.54 Å². The summed E-state index contributed by atoms with van der Waals surface area (Å²) in [7, 11) is 0. The molecule has 6 nitrogen and oxygen atoms in total. The average molecular weight is 429 g/mol. The van der Waals surface area contributed by atoms with Gasteiger partial charge in [0.15, 0.2) is 5.78 Å². The van der Waals surface area contributed by atoms with Gasteiger partial charge in [-0.25, -0.2) is 4.98 Å². The first-order valence-electron chi connectivity index (χ1n) is 11.3. The predicted molar refractivity (Wildman–Crippen MR) is 126 cm³/mol. The molecule has 6 heteroatoms. The molecule has 1 amide bonds. The van der Waals surface area contributed by atoms with Crippen molar-refractivity contribution in [3.8, 4) is 0 Å². The van der Waals surface area contributed by atoms with Crippen molar-refractivity contribution < 1.29 is 9.59 Å². The lowest BCUT2D eigenvalue weighted by Crippen LogP contribution is -2.26. The number of carbonyl (C=O) groups is 2. The smallest absolute Gasteiger partial charge is 0.267 e. The molecule has 0 fully saturated rings. The fourth-order valence-corrected chi connectivity index (χ4v) is 4.82. The van der Waals surface area contributed by atoms with Crippen molar-refractivity contribution >= 4 is 33.6 Å². The fraction of sp³-hybridized carbons (Fsp3) is 0.346. The van der Waals surface area contributed by atoms with Crippen LogP contribution in [-0.2, 0) is 6.42 Å². The van der Waals surface area contributed by atoms with Crippen molar-refractivity contribution in [3.63, 3.8) is 0 Å². The van der Waals surface area contributed by atoms with Crippen LogP contribution < -0.4 is 5.32 Å². The Bertz CT molecular complexity index is 1360. The average Bonchev–Trinajstić information content (AvgIpc) is 3.31. The Kier molecular flexibility index (Phi) is 4.88. The number of fused-ring (bicyclic) bond motifs is 4. The molecular formula is C26H28N4O2. The van der Waals surface area contributed by atoms with Crippen LogP contribution in [0.4, 0.5) is 0 Å². The van der Waals surface area contributed by atoms with Gasteiger partial charge < -0.3 is 14.5 Å². The molecule has 5 rings (SSSR count). The van der Waals surface area contributed by atoms with Crippen LogP contribution >= 0.6 is 0 Å². The van der Waals surface area contributed by atoms with E-state index in [2.05, 4.69) is 42.1 Å². The maximum absolute atomic E-state index is 13.3. The lowest BCUT2D eigenvalue weighted by atomic mass is 10.0. The van der Waals surface area contributed by atoms with E-state index in [4.69, 9.17) is 4.98 Å². The number of imidazole rings is 1. The van der Waals surface area contributed by atoms with Crippen LogP contribution in [0.1, 0.15) is 66.4 Å². The highest BCUT2D eigenvalue weighted by Crippen LogP contribution is 2.31. The zero-order valence-electron chi connectivity index (χ0n) is 18.9. The summed E-state index contributed by atoms with van der Waals surface area (Å²) >= 11 is 0. The number of amides is 1. The highest BCUT2D eigenvalue weighted by Gasteiger charge is 2.27. The molecule has 2 atom stereocenters. The van der Waals surface area contributed by atoms with Crippen LogP contribution in [-0.4, -0.2) is 32.4 Å². The molecule has 32 heavy (non-hydrogen) atoms. The Balaban J connectivity index is 1.56. The van der Waals surface area contributed by atoms with Crippen LogP contribution in [0.3, 0.4) is 0 Å². The van der Waals surface area contributed by atoms with E-state index in [0.29, 0.717) is 23.7 Å². The van der Waals surface area contributed by atoms with Gasteiger partial charge in [-0.05, 0) is 51.0 Å². The third-order valence-corrected chi connectivity index (χ3v) is 6.72. The molecule has 0 bridgehead atoms. The van der Waals surface area contributed by atoms with Gasteiger partial charge >= 0.3 is 0 Å². The van der Waals surface area contributed by atoms with Crippen LogP contribution in [0, 0.1) is 5.92 Å². The summed E-state index contributed by atoms with van der Waals surface area (Å²) in [6.45, 7) is 9.13. The molecule has 0 radical (unpaired) electrons. The molecule has 1 aliphatic heterocycles. The summed E-state index contributed by atoms with van der Waals surface area (Å²) in [6, 6.07) is 16.0. The second kappa shape index (κ2) is 7.62. The van der Waals surface area contributed by atoms with E-state index < -0.39 is 0 Å². The number of carbonyl (C=O) groups excluding carboxylic acids is 2. The first kappa shape index (κ1) is 20.5. The number of nitrogens with zero attached hydrogens (tertiary/aromatic N) is 3. The summed E-state index contributed by atoms with van der Waals surface area (Å²) in [5.74, 6) is 1.04. The van der Waals surface area contributed by atoms with E-state index in [1.54, 1.807) is 0 Å². The molecule has 164 valence electrons. The van der Waals surface area contributed by atoms with Gasteiger partial charge in [0, 0.05) is 35.1 Å². The van der Waals surface area contributed by atoms with Gasteiger partial charge in [0.25, 0.3) is 5.91 Å². The summed E-state index contributed by atoms with van der Waals surface area (Å²) < 4.78 is 4.23. The van der Waals surface area contributed by atoms with Gasteiger partial charge in [-0.15, -0.1) is 0 Å². The monoisotopic (exact) mass is 428 g/mol. The largest absolute Gasteiger partial charge is 0.350 e. The molecule has 0 aliphatic carbocycles. The highest BCUT2D eigenvalue weighted by molar-refractivity contribution is 6.03. The lowest BCUT2D eigenvalue weighted by Gasteiger charge is -2.20. The Morgan fingerprint density at radius 1 is 1.12 bits per heavy atom. The van der Waals surface area contributed by atoms with Gasteiger partial charge in [0.2, 0.25) is 0 Å². The number of nitrogens with one attached hydrogen (secondary N) is 1. The Morgan fingerprint density at radius 3 is 2.69 bits per heavy atom. The number of para-hydroxylation sites is 2. The van der Waals surface area contributed by atoms with Gasteiger partial charge in [-0.1, -0.05) is 31.2 Å². The third kappa shape index (κ3) is 3.22. The standard InChI is InChI=1S/C26H28N4O2/c1-15(2)29-21-8-6-5-7-20(21)28-25(29)13-24(31)19-10-9-18-11-23-26(32)27-14-16(3)17(4)30(23)22(18)12-19/h5-12,15-17H,13-14H2,1-4H3,(H,27,32)/t16-,17-/m0/s1. The second-order valence-electron chi connectivity index (χ2n) is 9.18. The van der Waals surface area contributed by atoms with Gasteiger partial charge in [-0.2, -0.15) is 0 Å². The number of ketones is 1. The predicted octanol–water partition coefficient (Wildman–Crippen LogP) is 4.94. The van der Waals surface area contributed by atoms with Crippen molar-refractivity contribution in [2.45, 2.75) is 46.2 Å². The fourth-order valence-electron chi connectivity index (χ4n) is 4.82. The zero-order chi connectivity index (χ0) is 22.6. The van der Waals surface area contributed by atoms with E-state index in [1.165, 1.54) is 0 Å². The quantitative estimate of drug-likeness (QED) is 0.468. The number of hydrogen-bond donors (Lipinski definition) is 1. The van der Waals surface area contributed by atoms with Crippen molar-refractivity contribution in [3.05, 3.63) is 65.6 Å². The van der Waals surface area contributed by atoms with Gasteiger partial charge in [-0.3, -0.25) is 9.59 Å². The minimum absolute atomic E-state index is 0.0263. The maximum Gasteiger partial charge on any atom is 0.267 e. The number of benzene rings is 2. The Hall–Kier alpha value is -3.41. The number of hydrogen-bond acceptors (Lipinski definition) is 3. The van der Waals surface area contributed by atoms with Gasteiger partial charge in [0.05, 0.1) is 17.5 Å². The summed E-state index contributed by atoms with van der Waals surface area (Å²) in [5, 5.41) is 3.98. The number of Topliss-reactive ketones (excluding diaryl/α,β-unsaturated/α-hetero) is 1. The molecule has 2 aromatic carbocycles. The van der Waals surface area contributed by atoms with Crippen molar-refractivity contribution in [2.24, 2.45) is 5.92 Å². The summed E-state index contributed by atoms with van der Waals surface area (Å²) in [6.07, 6.45) is 0.234. The van der Waals surface area contributed by atoms with Gasteiger partial charge in [0.1, 0.15) is 11.5 Å². The first-order valence-corrected chi connectivity index (χ1v) is 11.3. The normalized spacial score (nSPS) is 18.7. The molecular weight excluding hydrogens is 400 g/mol. The van der Waals surface area contributed by atoms with E-state index in [1.807, 2.05) is 48.5 Å². The Labute approximate surface area is 187 Å². The molecule has 0 saturated carbocycles. The SMILES string of the molecule is CC(C)n1c(CC(=O)c2ccc3cc4n(c3c2)[C@@H](C)[C@@H](C)CNC4=O)nc2ccccc21. The molecule has 0 saturated heterocycles. The molecule has 2 aromatic heterocycles. The second-order valence-corrected chi connectivity index (χ2v) is 9.18. The number of rotatable bonds is 4. The van der Waals surface area contributed by atoms with E-state index in [-0.39, 0.29) is 30.2 Å². The minimum atomic E-state index is -0.0593. The maximum atomic E-state index is 13.3. The Morgan fingerprint density at radius 2 is 1.91 bits per heavy atom. The zero-order valence-corrected chi connectivity index (χ0v) is 18.9. The molecule has 3 heterocycles. The third-order valence-electron chi connectivity index (χ3n) is 6.72. The van der Waals surface area contributed by atoms with E-state index in [0.717, 1.165) is 27.8 Å². The molecule has 0 spiro atoms. The molecule has 1 aliphatic rings. The van der Waals surface area contributed by atoms with Crippen LogP contribution in [0.5, 0.6) is 0 Å². The van der Waals surface area contributed by atoms with Crippen molar-refractivity contribution in [1.82, 2.24) is 19.4 Å². The summed E-state index contributed by atoms with van der Waals surface area (Å²) in [4.78, 5) is 30.7.